The Morgan fingerprint density at radius 1 is 1.42 bits per heavy atom. The predicted molar refractivity (Wildman–Crippen MR) is 94.8 cm³/mol. The topological polar surface area (TPSA) is 121 Å². The van der Waals surface area contributed by atoms with Crippen LogP contribution in [-0.2, 0) is 14.3 Å². The van der Waals surface area contributed by atoms with Crippen LogP contribution in [0.15, 0.2) is 29.8 Å². The minimum absolute atomic E-state index is 0.0535. The van der Waals surface area contributed by atoms with Gasteiger partial charge in [-0.25, -0.2) is 0 Å². The molecule has 1 atom stereocenters. The van der Waals surface area contributed by atoms with Crippen LogP contribution in [0.4, 0.5) is 5.00 Å². The van der Waals surface area contributed by atoms with Gasteiger partial charge in [0.25, 0.3) is 11.8 Å². The highest BCUT2D eigenvalue weighted by Crippen LogP contribution is 2.22. The monoisotopic (exact) mass is 392 g/mol. The molecule has 10 heteroatoms. The van der Waals surface area contributed by atoms with Crippen LogP contribution in [0.1, 0.15) is 23.0 Å². The summed E-state index contributed by atoms with van der Waals surface area (Å²) in [5, 5.41) is 16.1. The SMILES string of the molecule is C[C@@H](OC(=O)CNC(=O)c1cc(Cl)ccn1)C(=O)Nc1sccc1C#N. The lowest BCUT2D eigenvalue weighted by Gasteiger charge is -2.13. The Balaban J connectivity index is 1.82. The van der Waals surface area contributed by atoms with Crippen molar-refractivity contribution in [3.63, 3.8) is 0 Å². The van der Waals surface area contributed by atoms with Gasteiger partial charge in [-0.1, -0.05) is 11.6 Å². The third kappa shape index (κ3) is 5.27. The van der Waals surface area contributed by atoms with Crippen molar-refractivity contribution in [1.29, 1.82) is 5.26 Å². The van der Waals surface area contributed by atoms with Gasteiger partial charge in [-0.2, -0.15) is 5.26 Å². The number of aromatic nitrogens is 1. The minimum atomic E-state index is -1.10. The molecule has 134 valence electrons. The summed E-state index contributed by atoms with van der Waals surface area (Å²) in [6, 6.07) is 6.37. The molecule has 2 N–H and O–H groups in total. The van der Waals surface area contributed by atoms with Gasteiger partial charge < -0.3 is 15.4 Å². The van der Waals surface area contributed by atoms with Crippen LogP contribution in [0.2, 0.25) is 5.02 Å². The molecule has 2 aromatic heterocycles. The first-order valence-corrected chi connectivity index (χ1v) is 8.54. The first-order valence-electron chi connectivity index (χ1n) is 7.28. The number of pyridine rings is 1. The van der Waals surface area contributed by atoms with Gasteiger partial charge in [0.2, 0.25) is 0 Å². The van der Waals surface area contributed by atoms with E-state index in [9.17, 15) is 14.4 Å². The van der Waals surface area contributed by atoms with Crippen molar-refractivity contribution in [3.8, 4) is 6.07 Å². The lowest BCUT2D eigenvalue weighted by Crippen LogP contribution is -2.36. The van der Waals surface area contributed by atoms with Gasteiger partial charge in [-0.15, -0.1) is 11.3 Å². The number of rotatable bonds is 6. The number of ether oxygens (including phenoxy) is 1. The van der Waals surface area contributed by atoms with Gasteiger partial charge >= 0.3 is 5.97 Å². The maximum atomic E-state index is 12.0. The maximum Gasteiger partial charge on any atom is 0.326 e. The largest absolute Gasteiger partial charge is 0.451 e. The Labute approximate surface area is 157 Å². The normalized spacial score (nSPS) is 11.1. The Morgan fingerprint density at radius 2 is 2.19 bits per heavy atom. The molecule has 0 bridgehead atoms. The van der Waals surface area contributed by atoms with E-state index in [0.29, 0.717) is 15.6 Å². The number of amides is 2. The molecule has 0 aliphatic rings. The highest BCUT2D eigenvalue weighted by Gasteiger charge is 2.20. The van der Waals surface area contributed by atoms with E-state index in [0.717, 1.165) is 0 Å². The number of nitrogens with one attached hydrogen (secondary N) is 2. The van der Waals surface area contributed by atoms with Crippen molar-refractivity contribution in [3.05, 3.63) is 46.1 Å². The van der Waals surface area contributed by atoms with Crippen LogP contribution in [0.25, 0.3) is 0 Å². The van der Waals surface area contributed by atoms with Crippen LogP contribution in [0, 0.1) is 11.3 Å². The lowest BCUT2D eigenvalue weighted by atomic mass is 10.3. The molecular formula is C16H13ClN4O4S. The van der Waals surface area contributed by atoms with E-state index in [1.165, 1.54) is 36.6 Å². The number of carbonyl (C=O) groups excluding carboxylic acids is 3. The standard InChI is InChI=1S/C16H13ClN4O4S/c1-9(14(23)21-16-10(7-18)3-5-26-16)25-13(22)8-20-15(24)12-6-11(17)2-4-19-12/h2-6,9H,8H2,1H3,(H,20,24)(H,21,23)/t9-/m1/s1. The number of hydrogen-bond donors (Lipinski definition) is 2. The summed E-state index contributed by atoms with van der Waals surface area (Å²) in [4.78, 5) is 39.5. The van der Waals surface area contributed by atoms with E-state index in [1.54, 1.807) is 11.4 Å². The van der Waals surface area contributed by atoms with Gasteiger partial charge in [-0.3, -0.25) is 19.4 Å². The molecule has 8 nitrogen and oxygen atoms in total. The molecular weight excluding hydrogens is 380 g/mol. The molecule has 2 aromatic rings. The molecule has 0 spiro atoms. The number of anilines is 1. The summed E-state index contributed by atoms with van der Waals surface area (Å²) < 4.78 is 4.95. The second-order valence-electron chi connectivity index (χ2n) is 4.94. The van der Waals surface area contributed by atoms with Crippen LogP contribution >= 0.6 is 22.9 Å². The smallest absolute Gasteiger partial charge is 0.326 e. The van der Waals surface area contributed by atoms with Crippen LogP contribution < -0.4 is 10.6 Å². The molecule has 0 aliphatic heterocycles. The second kappa shape index (κ2) is 8.94. The number of hydrogen-bond acceptors (Lipinski definition) is 7. The third-order valence-electron chi connectivity index (χ3n) is 3.05. The first kappa shape index (κ1) is 19.4. The molecule has 26 heavy (non-hydrogen) atoms. The second-order valence-corrected chi connectivity index (χ2v) is 6.29. The van der Waals surface area contributed by atoms with E-state index in [-0.39, 0.29) is 5.69 Å². The van der Waals surface area contributed by atoms with E-state index in [4.69, 9.17) is 21.6 Å². The molecule has 0 unspecified atom stereocenters. The zero-order valence-electron chi connectivity index (χ0n) is 13.5. The van der Waals surface area contributed by atoms with E-state index < -0.39 is 30.4 Å². The molecule has 2 amide bonds. The Kier molecular flexibility index (Phi) is 6.66. The average molecular weight is 393 g/mol. The van der Waals surface area contributed by atoms with E-state index in [2.05, 4.69) is 15.6 Å². The van der Waals surface area contributed by atoms with Gasteiger partial charge in [0.1, 0.15) is 23.3 Å². The molecule has 2 heterocycles. The minimum Gasteiger partial charge on any atom is -0.451 e. The summed E-state index contributed by atoms with van der Waals surface area (Å²) >= 11 is 6.94. The summed E-state index contributed by atoms with van der Waals surface area (Å²) in [5.41, 5.74) is 0.376. The summed E-state index contributed by atoms with van der Waals surface area (Å²) in [6.45, 7) is 0.945. The maximum absolute atomic E-state index is 12.0. The van der Waals surface area contributed by atoms with Gasteiger partial charge in [0.05, 0.1) is 5.56 Å². The zero-order chi connectivity index (χ0) is 19.1. The number of nitriles is 1. The van der Waals surface area contributed by atoms with Crippen LogP contribution in [0.5, 0.6) is 0 Å². The Morgan fingerprint density at radius 3 is 2.88 bits per heavy atom. The molecule has 2 rings (SSSR count). The number of carbonyl (C=O) groups is 3. The summed E-state index contributed by atoms with van der Waals surface area (Å²) in [6.07, 6.45) is 0.263. The fraction of sp³-hybridized carbons (Fsp3) is 0.188. The van der Waals surface area contributed by atoms with Gasteiger partial charge in [0.15, 0.2) is 6.10 Å². The van der Waals surface area contributed by atoms with E-state index in [1.807, 2.05) is 6.07 Å². The fourth-order valence-electron chi connectivity index (χ4n) is 1.77. The summed E-state index contributed by atoms with van der Waals surface area (Å²) in [5.74, 6) is -1.98. The quantitative estimate of drug-likeness (QED) is 0.725. The third-order valence-corrected chi connectivity index (χ3v) is 4.11. The van der Waals surface area contributed by atoms with Crippen LogP contribution in [0.3, 0.4) is 0 Å². The highest BCUT2D eigenvalue weighted by molar-refractivity contribution is 7.14. The molecule has 0 aliphatic carbocycles. The van der Waals surface area contributed by atoms with Crippen molar-refractivity contribution in [2.45, 2.75) is 13.0 Å². The zero-order valence-corrected chi connectivity index (χ0v) is 15.1. The molecule has 0 saturated carbocycles. The van der Waals surface area contributed by atoms with Crippen molar-refractivity contribution >= 4 is 45.7 Å². The predicted octanol–water partition coefficient (Wildman–Crippen LogP) is 1.97. The van der Waals surface area contributed by atoms with Crippen molar-refractivity contribution < 1.29 is 19.1 Å². The van der Waals surface area contributed by atoms with Crippen molar-refractivity contribution in [1.82, 2.24) is 10.3 Å². The Hall–Kier alpha value is -2.96. The first-order chi connectivity index (χ1) is 12.4. The molecule has 0 aromatic carbocycles. The van der Waals surface area contributed by atoms with Crippen LogP contribution in [-0.4, -0.2) is 35.4 Å². The number of halogens is 1. The number of esters is 1. The molecule has 0 saturated heterocycles. The molecule has 0 radical (unpaired) electrons. The summed E-state index contributed by atoms with van der Waals surface area (Å²) in [7, 11) is 0. The number of thiophene rings is 1. The van der Waals surface area contributed by atoms with Crippen molar-refractivity contribution in [2.24, 2.45) is 0 Å². The fourth-order valence-corrected chi connectivity index (χ4v) is 2.67. The molecule has 0 fully saturated rings. The average Bonchev–Trinajstić information content (AvgIpc) is 3.06. The van der Waals surface area contributed by atoms with Crippen molar-refractivity contribution in [2.75, 3.05) is 11.9 Å². The highest BCUT2D eigenvalue weighted by atomic mass is 35.5. The Bertz CT molecular complexity index is 877. The van der Waals surface area contributed by atoms with E-state index >= 15 is 0 Å². The van der Waals surface area contributed by atoms with Gasteiger partial charge in [-0.05, 0) is 30.5 Å². The van der Waals surface area contributed by atoms with Gasteiger partial charge in [0, 0.05) is 11.2 Å². The lowest BCUT2D eigenvalue weighted by molar-refractivity contribution is -0.152. The number of nitrogens with zero attached hydrogens (tertiary/aromatic N) is 2.